The fourth-order valence-corrected chi connectivity index (χ4v) is 1.18. The lowest BCUT2D eigenvalue weighted by Gasteiger charge is -2.07. The Balaban J connectivity index is 2.74. The zero-order valence-corrected chi connectivity index (χ0v) is 7.61. The molecule has 0 amide bonds. The van der Waals surface area contributed by atoms with Crippen molar-refractivity contribution in [3.63, 3.8) is 0 Å². The minimum absolute atomic E-state index is 0.265. The molecular weight excluding hydrogens is 162 g/mol. The first-order valence-corrected chi connectivity index (χ1v) is 4.35. The molecule has 2 nitrogen and oxygen atoms in total. The van der Waals surface area contributed by atoms with Crippen molar-refractivity contribution in [1.82, 2.24) is 0 Å². The van der Waals surface area contributed by atoms with Gasteiger partial charge in [0.2, 0.25) is 0 Å². The second kappa shape index (κ2) is 4.80. The largest absolute Gasteiger partial charge is 0.387 e. The summed E-state index contributed by atoms with van der Waals surface area (Å²) in [5, 5.41) is 9.40. The summed E-state index contributed by atoms with van der Waals surface area (Å²) in [6.45, 7) is 3.92. The SMILES string of the molecule is C=CCc1ccc(C(O)CN)cc1. The van der Waals surface area contributed by atoms with Gasteiger partial charge in [-0.1, -0.05) is 30.3 Å². The molecule has 0 aliphatic carbocycles. The lowest BCUT2D eigenvalue weighted by molar-refractivity contribution is 0.186. The molecule has 0 saturated heterocycles. The highest BCUT2D eigenvalue weighted by molar-refractivity contribution is 5.25. The summed E-state index contributed by atoms with van der Waals surface area (Å²) in [5.41, 5.74) is 7.40. The highest BCUT2D eigenvalue weighted by Gasteiger charge is 2.03. The second-order valence-electron chi connectivity index (χ2n) is 2.99. The third kappa shape index (κ3) is 2.68. The fraction of sp³-hybridized carbons (Fsp3) is 0.273. The molecule has 1 unspecified atom stereocenters. The first kappa shape index (κ1) is 9.96. The molecule has 2 heteroatoms. The summed E-state index contributed by atoms with van der Waals surface area (Å²) < 4.78 is 0. The monoisotopic (exact) mass is 177 g/mol. The average Bonchev–Trinajstić information content (AvgIpc) is 2.18. The van der Waals surface area contributed by atoms with Crippen LogP contribution in [0, 0.1) is 0 Å². The van der Waals surface area contributed by atoms with Crippen molar-refractivity contribution >= 4 is 0 Å². The summed E-state index contributed by atoms with van der Waals surface area (Å²) >= 11 is 0. The fourth-order valence-electron chi connectivity index (χ4n) is 1.18. The number of nitrogens with two attached hydrogens (primary N) is 1. The van der Waals surface area contributed by atoms with E-state index in [0.29, 0.717) is 0 Å². The summed E-state index contributed by atoms with van der Waals surface area (Å²) in [6.07, 6.45) is 2.17. The standard InChI is InChI=1S/C11H15NO/c1-2-3-9-4-6-10(7-5-9)11(13)8-12/h2,4-7,11,13H,1,3,8,12H2. The molecule has 1 atom stereocenters. The van der Waals surface area contributed by atoms with E-state index in [0.717, 1.165) is 12.0 Å². The molecule has 0 spiro atoms. The van der Waals surface area contributed by atoms with Crippen LogP contribution in [0.4, 0.5) is 0 Å². The Hall–Kier alpha value is -1.12. The predicted octanol–water partition coefficient (Wildman–Crippen LogP) is 1.41. The van der Waals surface area contributed by atoms with Gasteiger partial charge < -0.3 is 10.8 Å². The summed E-state index contributed by atoms with van der Waals surface area (Å²) in [6, 6.07) is 7.76. The van der Waals surface area contributed by atoms with Gasteiger partial charge in [0.15, 0.2) is 0 Å². The Morgan fingerprint density at radius 3 is 2.46 bits per heavy atom. The molecule has 1 rings (SSSR count). The zero-order chi connectivity index (χ0) is 9.68. The van der Waals surface area contributed by atoms with Crippen molar-refractivity contribution < 1.29 is 5.11 Å². The van der Waals surface area contributed by atoms with E-state index in [1.807, 2.05) is 30.3 Å². The molecule has 1 aromatic rings. The van der Waals surface area contributed by atoms with Crippen molar-refractivity contribution in [3.05, 3.63) is 48.0 Å². The van der Waals surface area contributed by atoms with Gasteiger partial charge in [0.05, 0.1) is 6.10 Å². The number of allylic oxidation sites excluding steroid dienone is 1. The van der Waals surface area contributed by atoms with Crippen LogP contribution in [0.15, 0.2) is 36.9 Å². The quantitative estimate of drug-likeness (QED) is 0.683. The molecule has 70 valence electrons. The molecule has 0 bridgehead atoms. The van der Waals surface area contributed by atoms with Crippen LogP contribution < -0.4 is 5.73 Å². The number of hydrogen-bond acceptors (Lipinski definition) is 2. The maximum Gasteiger partial charge on any atom is 0.0912 e. The molecular formula is C11H15NO. The van der Waals surface area contributed by atoms with E-state index in [4.69, 9.17) is 5.73 Å². The van der Waals surface area contributed by atoms with E-state index < -0.39 is 6.10 Å². The molecule has 0 aromatic heterocycles. The first-order valence-electron chi connectivity index (χ1n) is 4.35. The van der Waals surface area contributed by atoms with Crippen molar-refractivity contribution in [2.45, 2.75) is 12.5 Å². The first-order chi connectivity index (χ1) is 6.27. The van der Waals surface area contributed by atoms with Crippen LogP contribution >= 0.6 is 0 Å². The minimum Gasteiger partial charge on any atom is -0.387 e. The van der Waals surface area contributed by atoms with Gasteiger partial charge >= 0.3 is 0 Å². The van der Waals surface area contributed by atoms with Crippen LogP contribution in [0.3, 0.4) is 0 Å². The van der Waals surface area contributed by atoms with Crippen molar-refractivity contribution in [1.29, 1.82) is 0 Å². The van der Waals surface area contributed by atoms with Crippen LogP contribution in [-0.2, 0) is 6.42 Å². The predicted molar refractivity (Wildman–Crippen MR) is 54.4 cm³/mol. The molecule has 0 saturated carbocycles. The molecule has 3 N–H and O–H groups in total. The summed E-state index contributed by atoms with van der Waals surface area (Å²) in [5.74, 6) is 0. The number of aliphatic hydroxyl groups excluding tert-OH is 1. The third-order valence-corrected chi connectivity index (χ3v) is 1.97. The Morgan fingerprint density at radius 1 is 1.38 bits per heavy atom. The Morgan fingerprint density at radius 2 is 2.00 bits per heavy atom. The molecule has 0 aliphatic heterocycles. The van der Waals surface area contributed by atoms with Gasteiger partial charge in [-0.05, 0) is 17.5 Å². The van der Waals surface area contributed by atoms with E-state index in [1.54, 1.807) is 0 Å². The molecule has 0 heterocycles. The number of aliphatic hydroxyl groups is 1. The van der Waals surface area contributed by atoms with E-state index in [1.165, 1.54) is 5.56 Å². The highest BCUT2D eigenvalue weighted by Crippen LogP contribution is 2.12. The number of hydrogen-bond donors (Lipinski definition) is 2. The topological polar surface area (TPSA) is 46.2 Å². The summed E-state index contributed by atoms with van der Waals surface area (Å²) in [4.78, 5) is 0. The van der Waals surface area contributed by atoms with Gasteiger partial charge in [-0.2, -0.15) is 0 Å². The normalized spacial score (nSPS) is 12.5. The van der Waals surface area contributed by atoms with Gasteiger partial charge in [0.1, 0.15) is 0 Å². The van der Waals surface area contributed by atoms with Gasteiger partial charge in [-0.15, -0.1) is 6.58 Å². The van der Waals surface area contributed by atoms with E-state index in [9.17, 15) is 5.11 Å². The minimum atomic E-state index is -0.544. The maximum absolute atomic E-state index is 9.40. The molecule has 1 aromatic carbocycles. The summed E-state index contributed by atoms with van der Waals surface area (Å²) in [7, 11) is 0. The van der Waals surface area contributed by atoms with Crippen LogP contribution in [0.1, 0.15) is 17.2 Å². The lowest BCUT2D eigenvalue weighted by Crippen LogP contribution is -2.11. The smallest absolute Gasteiger partial charge is 0.0912 e. The van der Waals surface area contributed by atoms with Crippen LogP contribution in [-0.4, -0.2) is 11.7 Å². The maximum atomic E-state index is 9.40. The molecule has 0 fully saturated rings. The highest BCUT2D eigenvalue weighted by atomic mass is 16.3. The molecule has 13 heavy (non-hydrogen) atoms. The average molecular weight is 177 g/mol. The van der Waals surface area contributed by atoms with Crippen LogP contribution in [0.25, 0.3) is 0 Å². The third-order valence-electron chi connectivity index (χ3n) is 1.97. The van der Waals surface area contributed by atoms with E-state index in [-0.39, 0.29) is 6.54 Å². The van der Waals surface area contributed by atoms with Crippen LogP contribution in [0.5, 0.6) is 0 Å². The van der Waals surface area contributed by atoms with Gasteiger partial charge in [-0.3, -0.25) is 0 Å². The van der Waals surface area contributed by atoms with Gasteiger partial charge in [0, 0.05) is 6.54 Å². The van der Waals surface area contributed by atoms with E-state index >= 15 is 0 Å². The zero-order valence-electron chi connectivity index (χ0n) is 7.61. The van der Waals surface area contributed by atoms with Crippen LogP contribution in [0.2, 0.25) is 0 Å². The number of rotatable bonds is 4. The van der Waals surface area contributed by atoms with Crippen molar-refractivity contribution in [2.24, 2.45) is 5.73 Å². The molecule has 0 aliphatic rings. The number of benzene rings is 1. The van der Waals surface area contributed by atoms with Crippen molar-refractivity contribution in [2.75, 3.05) is 6.54 Å². The Bertz CT molecular complexity index is 266. The second-order valence-corrected chi connectivity index (χ2v) is 2.99. The Labute approximate surface area is 78.7 Å². The van der Waals surface area contributed by atoms with E-state index in [2.05, 4.69) is 6.58 Å². The molecule has 0 radical (unpaired) electrons. The van der Waals surface area contributed by atoms with Gasteiger partial charge in [0.25, 0.3) is 0 Å². The Kier molecular flexibility index (Phi) is 3.68. The van der Waals surface area contributed by atoms with Crippen molar-refractivity contribution in [3.8, 4) is 0 Å². The van der Waals surface area contributed by atoms with Gasteiger partial charge in [-0.25, -0.2) is 0 Å². The lowest BCUT2D eigenvalue weighted by atomic mass is 10.1.